The van der Waals surface area contributed by atoms with Crippen LogP contribution in [0.25, 0.3) is 0 Å². The molecule has 0 heterocycles. The average molecular weight is 388 g/mol. The van der Waals surface area contributed by atoms with Crippen molar-refractivity contribution in [3.63, 3.8) is 0 Å². The van der Waals surface area contributed by atoms with Gasteiger partial charge in [-0.3, -0.25) is 0 Å². The Balaban J connectivity index is 3.24. The van der Waals surface area contributed by atoms with Crippen LogP contribution in [-0.2, 0) is 16.5 Å². The van der Waals surface area contributed by atoms with Crippen molar-refractivity contribution >= 4 is 36.7 Å². The molecule has 48 valence electrons. The zero-order valence-corrected chi connectivity index (χ0v) is 11.2. The molecule has 0 unspecified atom stereocenters. The molecule has 1 nitrogen and oxygen atoms in total. The molecule has 0 aromatic heterocycles. The van der Waals surface area contributed by atoms with E-state index in [1.165, 1.54) is 0 Å². The van der Waals surface area contributed by atoms with Crippen LogP contribution in [0.3, 0.4) is 0 Å². The molecule has 0 amide bonds. The molecule has 8 heavy (non-hydrogen) atoms. The van der Waals surface area contributed by atoms with Gasteiger partial charge in [0.2, 0.25) is 0 Å². The van der Waals surface area contributed by atoms with Crippen molar-refractivity contribution in [1.29, 1.82) is 0 Å². The summed E-state index contributed by atoms with van der Waals surface area (Å²) in [4.78, 5) is 0. The predicted octanol–water partition coefficient (Wildman–Crippen LogP) is 3.19. The number of hydrogen-bond donors (Lipinski definition) is 0. The van der Waals surface area contributed by atoms with E-state index in [9.17, 15) is 0 Å². The molecule has 0 fully saturated rings. The van der Waals surface area contributed by atoms with Gasteiger partial charge in [-0.25, -0.2) is 0 Å². The molecule has 0 aliphatic heterocycles. The Morgan fingerprint density at radius 2 is 2.00 bits per heavy atom. The zero-order valence-electron chi connectivity index (χ0n) is 4.03. The molecule has 0 aromatic carbocycles. The van der Waals surface area contributed by atoms with E-state index in [1.54, 1.807) is 6.08 Å². The summed E-state index contributed by atoms with van der Waals surface area (Å²) in [5.74, 6) is 0. The Morgan fingerprint density at radius 3 is 2.12 bits per heavy atom. The Kier molecular flexibility index (Phi) is 5.99. The first-order valence-electron chi connectivity index (χ1n) is 1.88. The fraction of sp³-hybridized carbons (Fsp3) is 0.333. The van der Waals surface area contributed by atoms with Gasteiger partial charge < -0.3 is 0 Å². The van der Waals surface area contributed by atoms with Crippen LogP contribution >= 0.6 is 36.7 Å². The zero-order chi connectivity index (χ0) is 6.62. The predicted molar refractivity (Wildman–Crippen MR) is 42.9 cm³/mol. The van der Waals surface area contributed by atoms with E-state index in [0.29, 0.717) is 6.61 Å². The topological polar surface area (TPSA) is 9.23 Å². The maximum absolute atomic E-state index is 5.22. The monoisotopic (exact) mass is 384 g/mol. The molecule has 0 spiro atoms. The molecule has 5 heteroatoms. The number of hydrogen-bond acceptors (Lipinski definition) is 1. The fourth-order valence-electron chi connectivity index (χ4n) is 0.153. The van der Waals surface area contributed by atoms with E-state index in [4.69, 9.17) is 2.81 Å². The van der Waals surface area contributed by atoms with E-state index in [1.807, 2.05) is 0 Å². The van der Waals surface area contributed by atoms with Crippen LogP contribution in [0.1, 0.15) is 0 Å². The van der Waals surface area contributed by atoms with E-state index in [0.717, 1.165) is 0 Å². The second-order valence-electron chi connectivity index (χ2n) is 1.05. The molecule has 0 bridgehead atoms. The molecule has 0 aliphatic carbocycles. The van der Waals surface area contributed by atoms with E-state index >= 15 is 0 Å². The Labute approximate surface area is 71.2 Å². The summed E-state index contributed by atoms with van der Waals surface area (Å²) in [5, 5.41) is 0. The van der Waals surface area contributed by atoms with Crippen molar-refractivity contribution < 1.29 is 16.5 Å². The van der Waals surface area contributed by atoms with Gasteiger partial charge in [0.1, 0.15) is 0 Å². The van der Waals surface area contributed by atoms with Crippen LogP contribution < -0.4 is 0 Å². The molecule has 0 radical (unpaired) electrons. The van der Waals surface area contributed by atoms with Crippen LogP contribution in [0.2, 0.25) is 0 Å². The van der Waals surface area contributed by atoms with Crippen molar-refractivity contribution in [1.82, 2.24) is 0 Å². The second kappa shape index (κ2) is 4.78. The average Bonchev–Trinajstić information content (AvgIpc) is 1.59. The quantitative estimate of drug-likeness (QED) is 0.676. The van der Waals surface area contributed by atoms with Crippen LogP contribution in [-0.4, -0.2) is 6.61 Å². The fourth-order valence-corrected chi connectivity index (χ4v) is 3.25. The van der Waals surface area contributed by atoms with Gasteiger partial charge in [0.15, 0.2) is 0 Å². The minimum atomic E-state index is -2.44. The minimum absolute atomic E-state index is 0.595. The molecule has 0 aromatic rings. The Morgan fingerprint density at radius 1 is 1.50 bits per heavy atom. The van der Waals surface area contributed by atoms with Crippen molar-refractivity contribution in [3.8, 4) is 0 Å². The first-order chi connectivity index (χ1) is 3.56. The molecule has 0 saturated heterocycles. The molecule has 0 rings (SSSR count). The van der Waals surface area contributed by atoms with Gasteiger partial charge in [0, 0.05) is 0 Å². The SMILES string of the molecule is C=CC[O][Zr]([Br])([Br])[Br]. The van der Waals surface area contributed by atoms with Gasteiger partial charge in [0.25, 0.3) is 0 Å². The Bertz CT molecular complexity index is 79.1. The summed E-state index contributed by atoms with van der Waals surface area (Å²) in [6, 6.07) is 0. The summed E-state index contributed by atoms with van der Waals surface area (Å²) in [6.07, 6.45) is 1.72. The van der Waals surface area contributed by atoms with Crippen LogP contribution in [0, 0.1) is 0 Å². The maximum atomic E-state index is 5.22. The van der Waals surface area contributed by atoms with Crippen molar-refractivity contribution in [2.45, 2.75) is 0 Å². The van der Waals surface area contributed by atoms with Gasteiger partial charge in [-0.05, 0) is 0 Å². The van der Waals surface area contributed by atoms with Crippen LogP contribution in [0.15, 0.2) is 12.7 Å². The number of rotatable bonds is 3. The molecular weight excluding hydrogens is 383 g/mol. The van der Waals surface area contributed by atoms with E-state index in [-0.39, 0.29) is 0 Å². The molecule has 0 N–H and O–H groups in total. The summed E-state index contributed by atoms with van der Waals surface area (Å²) in [6.45, 7) is 4.10. The molecule has 0 aliphatic rings. The normalized spacial score (nSPS) is 11.4. The van der Waals surface area contributed by atoms with Gasteiger partial charge in [-0.2, -0.15) is 0 Å². The van der Waals surface area contributed by atoms with Gasteiger partial charge in [0.05, 0.1) is 0 Å². The second-order valence-corrected chi connectivity index (χ2v) is 42.7. The molecular formula is C3H5Br3OZr. The third kappa shape index (κ3) is 8.02. The van der Waals surface area contributed by atoms with Gasteiger partial charge >= 0.3 is 72.4 Å². The summed E-state index contributed by atoms with van der Waals surface area (Å²) >= 11 is 7.62. The number of halogens is 3. The summed E-state index contributed by atoms with van der Waals surface area (Å²) < 4.78 is 5.22. The summed E-state index contributed by atoms with van der Waals surface area (Å²) in [5.41, 5.74) is 0. The van der Waals surface area contributed by atoms with Gasteiger partial charge in [-0.15, -0.1) is 0 Å². The Hall–Kier alpha value is 2.02. The van der Waals surface area contributed by atoms with Crippen molar-refractivity contribution in [3.05, 3.63) is 12.7 Å². The van der Waals surface area contributed by atoms with Crippen molar-refractivity contribution in [2.75, 3.05) is 6.61 Å². The van der Waals surface area contributed by atoms with E-state index in [2.05, 4.69) is 43.2 Å². The van der Waals surface area contributed by atoms with Crippen LogP contribution in [0.5, 0.6) is 0 Å². The standard InChI is InChI=1S/C3H5O.3BrH.Zr/c1-2-3-4;;;;/h2H,1,3H2;3*1H;/q-1;;;;+4/p-3. The third-order valence-electron chi connectivity index (χ3n) is 0.365. The first kappa shape index (κ1) is 10.0. The molecule has 0 atom stereocenters. The first-order valence-corrected chi connectivity index (χ1v) is 19.7. The van der Waals surface area contributed by atoms with E-state index < -0.39 is 13.7 Å². The molecule has 0 saturated carbocycles. The van der Waals surface area contributed by atoms with Crippen molar-refractivity contribution in [2.24, 2.45) is 0 Å². The third-order valence-corrected chi connectivity index (χ3v) is 5.64. The van der Waals surface area contributed by atoms with Crippen LogP contribution in [0.4, 0.5) is 0 Å². The summed E-state index contributed by atoms with van der Waals surface area (Å²) in [7, 11) is 0. The van der Waals surface area contributed by atoms with Gasteiger partial charge in [-0.1, -0.05) is 0 Å².